The fourth-order valence-electron chi connectivity index (χ4n) is 0.974. The number of carbonyl (C=O) groups is 1. The zero-order chi connectivity index (χ0) is 8.55. The lowest BCUT2D eigenvalue weighted by Gasteiger charge is -1.90. The van der Waals surface area contributed by atoms with Crippen molar-refractivity contribution in [3.63, 3.8) is 0 Å². The Kier molecular flexibility index (Phi) is 1.86. The van der Waals surface area contributed by atoms with Crippen molar-refractivity contribution in [2.45, 2.75) is 0 Å². The van der Waals surface area contributed by atoms with Crippen LogP contribution in [0.1, 0.15) is 9.67 Å². The molecule has 2 aromatic rings. The van der Waals surface area contributed by atoms with Crippen LogP contribution in [0.2, 0.25) is 0 Å². The second-order valence-electron chi connectivity index (χ2n) is 2.29. The lowest BCUT2D eigenvalue weighted by molar-refractivity contribution is 0.0606. The molecule has 0 saturated carbocycles. The van der Waals surface area contributed by atoms with Crippen molar-refractivity contribution in [1.82, 2.24) is 0 Å². The predicted molar refractivity (Wildman–Crippen MR) is 51.0 cm³/mol. The Balaban J connectivity index is 2.51. The number of hydrogen-bond donors (Lipinski definition) is 0. The maximum Gasteiger partial charge on any atom is 0.348 e. The maximum atomic E-state index is 11.1. The van der Waals surface area contributed by atoms with E-state index in [-0.39, 0.29) is 5.97 Å². The lowest BCUT2D eigenvalue weighted by Crippen LogP contribution is -1.96. The van der Waals surface area contributed by atoms with E-state index >= 15 is 0 Å². The van der Waals surface area contributed by atoms with Crippen LogP contribution >= 0.6 is 22.7 Å². The van der Waals surface area contributed by atoms with Gasteiger partial charge in [-0.05, 0) is 11.4 Å². The van der Waals surface area contributed by atoms with Crippen LogP contribution in [0.4, 0.5) is 0 Å². The highest BCUT2D eigenvalue weighted by Crippen LogP contribution is 2.28. The van der Waals surface area contributed by atoms with Gasteiger partial charge in [0.25, 0.3) is 0 Å². The van der Waals surface area contributed by atoms with E-state index in [0.717, 1.165) is 10.1 Å². The van der Waals surface area contributed by atoms with Gasteiger partial charge in [-0.15, -0.1) is 11.3 Å². The highest BCUT2D eigenvalue weighted by atomic mass is 32.1. The van der Waals surface area contributed by atoms with Crippen molar-refractivity contribution in [2.24, 2.45) is 0 Å². The Morgan fingerprint density at radius 1 is 1.50 bits per heavy atom. The molecule has 0 aromatic carbocycles. The average Bonchev–Trinajstić information content (AvgIpc) is 2.60. The quantitative estimate of drug-likeness (QED) is 0.658. The molecule has 2 nitrogen and oxygen atoms in total. The van der Waals surface area contributed by atoms with Gasteiger partial charge in [-0.25, -0.2) is 4.79 Å². The molecule has 0 atom stereocenters. The summed E-state index contributed by atoms with van der Waals surface area (Å²) in [5.41, 5.74) is 0. The third-order valence-corrected chi connectivity index (χ3v) is 3.54. The van der Waals surface area contributed by atoms with Crippen LogP contribution in [0.3, 0.4) is 0 Å². The molecule has 0 aliphatic heterocycles. The molecule has 0 unspecified atom stereocenters. The van der Waals surface area contributed by atoms with Crippen LogP contribution in [0, 0.1) is 0 Å². The first-order valence-corrected chi connectivity index (χ1v) is 5.11. The molecule has 62 valence electrons. The number of esters is 1. The van der Waals surface area contributed by atoms with Gasteiger partial charge in [-0.2, -0.15) is 11.3 Å². The van der Waals surface area contributed by atoms with E-state index in [4.69, 9.17) is 0 Å². The van der Waals surface area contributed by atoms with Crippen LogP contribution < -0.4 is 0 Å². The molecule has 0 aliphatic rings. The van der Waals surface area contributed by atoms with Crippen molar-refractivity contribution >= 4 is 38.7 Å². The number of fused-ring (bicyclic) bond motifs is 1. The van der Waals surface area contributed by atoms with Crippen LogP contribution in [0.15, 0.2) is 16.8 Å². The summed E-state index contributed by atoms with van der Waals surface area (Å²) in [4.78, 5) is 11.7. The molecule has 4 heteroatoms. The minimum atomic E-state index is -0.249. The van der Waals surface area contributed by atoms with E-state index in [1.54, 1.807) is 11.3 Å². The van der Waals surface area contributed by atoms with Crippen molar-refractivity contribution in [2.75, 3.05) is 7.11 Å². The first kappa shape index (κ1) is 7.76. The summed E-state index contributed by atoms with van der Waals surface area (Å²) in [6.45, 7) is 0. The fourth-order valence-corrected chi connectivity index (χ4v) is 2.90. The minimum absolute atomic E-state index is 0.249. The summed E-state index contributed by atoms with van der Waals surface area (Å²) in [5.74, 6) is -0.249. The molecule has 0 saturated heterocycles. The van der Waals surface area contributed by atoms with E-state index in [0.29, 0.717) is 4.88 Å². The fraction of sp³-hybridized carbons (Fsp3) is 0.125. The second kappa shape index (κ2) is 2.88. The zero-order valence-corrected chi connectivity index (χ0v) is 8.00. The number of thiophene rings is 2. The molecule has 0 fully saturated rings. The van der Waals surface area contributed by atoms with Gasteiger partial charge < -0.3 is 4.74 Å². The standard InChI is InChI=1S/C8H6O2S2/c1-10-8(9)6-2-5-3-11-4-7(5)12-6/h2-4H,1H3. The van der Waals surface area contributed by atoms with Crippen molar-refractivity contribution in [1.29, 1.82) is 0 Å². The first-order valence-electron chi connectivity index (χ1n) is 3.35. The SMILES string of the molecule is COC(=O)c1cc2cscc2s1. The first-order chi connectivity index (χ1) is 5.81. The lowest BCUT2D eigenvalue weighted by atomic mass is 10.4. The third-order valence-electron chi connectivity index (χ3n) is 1.55. The Morgan fingerprint density at radius 3 is 3.00 bits per heavy atom. The zero-order valence-electron chi connectivity index (χ0n) is 6.37. The van der Waals surface area contributed by atoms with Gasteiger partial charge in [0.1, 0.15) is 4.88 Å². The van der Waals surface area contributed by atoms with E-state index in [2.05, 4.69) is 4.74 Å². The number of methoxy groups -OCH3 is 1. The van der Waals surface area contributed by atoms with Crippen LogP contribution in [-0.4, -0.2) is 13.1 Å². The summed E-state index contributed by atoms with van der Waals surface area (Å²) in [6.07, 6.45) is 0. The van der Waals surface area contributed by atoms with Gasteiger partial charge in [0.05, 0.1) is 7.11 Å². The normalized spacial score (nSPS) is 10.4. The van der Waals surface area contributed by atoms with Gasteiger partial charge in [0.2, 0.25) is 0 Å². The highest BCUT2D eigenvalue weighted by molar-refractivity contribution is 7.23. The van der Waals surface area contributed by atoms with Crippen molar-refractivity contribution in [3.8, 4) is 0 Å². The summed E-state index contributed by atoms with van der Waals surface area (Å²) in [5, 5.41) is 5.19. The van der Waals surface area contributed by atoms with E-state index in [1.165, 1.54) is 18.4 Å². The number of ether oxygens (including phenoxy) is 1. The topological polar surface area (TPSA) is 26.3 Å². The Bertz CT molecular complexity index is 385. The van der Waals surface area contributed by atoms with E-state index in [1.807, 2.05) is 16.8 Å². The van der Waals surface area contributed by atoms with Gasteiger partial charge in [0, 0.05) is 15.5 Å². The predicted octanol–water partition coefficient (Wildman–Crippen LogP) is 2.75. The summed E-state index contributed by atoms with van der Waals surface area (Å²) in [6, 6.07) is 1.86. The molecule has 0 bridgehead atoms. The number of carbonyl (C=O) groups excluding carboxylic acids is 1. The molecule has 0 amide bonds. The van der Waals surface area contributed by atoms with Gasteiger partial charge in [-0.3, -0.25) is 0 Å². The molecular formula is C8H6O2S2. The van der Waals surface area contributed by atoms with Crippen LogP contribution in [0.5, 0.6) is 0 Å². The molecule has 2 aromatic heterocycles. The highest BCUT2D eigenvalue weighted by Gasteiger charge is 2.09. The molecule has 2 rings (SSSR count). The van der Waals surface area contributed by atoms with E-state index in [9.17, 15) is 4.79 Å². The third kappa shape index (κ3) is 1.13. The van der Waals surface area contributed by atoms with Crippen LogP contribution in [-0.2, 0) is 4.74 Å². The smallest absolute Gasteiger partial charge is 0.348 e. The van der Waals surface area contributed by atoms with Crippen molar-refractivity contribution < 1.29 is 9.53 Å². The van der Waals surface area contributed by atoms with Gasteiger partial charge in [-0.1, -0.05) is 0 Å². The van der Waals surface area contributed by atoms with Crippen molar-refractivity contribution in [3.05, 3.63) is 21.7 Å². The molecule has 2 heterocycles. The molecule has 0 aliphatic carbocycles. The molecule has 0 radical (unpaired) electrons. The minimum Gasteiger partial charge on any atom is -0.465 e. The Hall–Kier alpha value is -0.870. The largest absolute Gasteiger partial charge is 0.465 e. The molecule has 12 heavy (non-hydrogen) atoms. The van der Waals surface area contributed by atoms with E-state index < -0.39 is 0 Å². The van der Waals surface area contributed by atoms with Gasteiger partial charge in [0.15, 0.2) is 0 Å². The van der Waals surface area contributed by atoms with Crippen LogP contribution in [0.25, 0.3) is 10.1 Å². The monoisotopic (exact) mass is 198 g/mol. The summed E-state index contributed by atoms with van der Waals surface area (Å²) < 4.78 is 5.76. The Labute approximate surface area is 77.4 Å². The summed E-state index contributed by atoms with van der Waals surface area (Å²) >= 11 is 3.12. The molecular weight excluding hydrogens is 192 g/mol. The van der Waals surface area contributed by atoms with Gasteiger partial charge >= 0.3 is 5.97 Å². The average molecular weight is 198 g/mol. The second-order valence-corrected chi connectivity index (χ2v) is 4.12. The molecule has 0 N–H and O–H groups in total. The summed E-state index contributed by atoms with van der Waals surface area (Å²) in [7, 11) is 1.40. The number of hydrogen-bond acceptors (Lipinski definition) is 4. The Morgan fingerprint density at radius 2 is 2.33 bits per heavy atom. The maximum absolute atomic E-state index is 11.1. The number of rotatable bonds is 1. The molecule has 0 spiro atoms.